The zero-order chi connectivity index (χ0) is 11.6. The van der Waals surface area contributed by atoms with Crippen LogP contribution in [0.5, 0.6) is 0 Å². The lowest BCUT2D eigenvalue weighted by molar-refractivity contribution is 0.526. The normalized spacial score (nSPS) is 11.8. The molecule has 0 radical (unpaired) electrons. The fourth-order valence-corrected chi connectivity index (χ4v) is 1.48. The molecule has 0 atom stereocenters. The maximum Gasteiger partial charge on any atom is 0.303 e. The highest BCUT2D eigenvalue weighted by Gasteiger charge is 2.14. The standard InChI is InChI=1S/C8H14N4O2S/c1-6-5-7(2)10-8(9-6)11-15(13,14)12(3)4/h5H,1-4H3,(H,9,10,11). The molecule has 84 valence electrons. The first kappa shape index (κ1) is 11.9. The average molecular weight is 230 g/mol. The van der Waals surface area contributed by atoms with Gasteiger partial charge in [-0.25, -0.2) is 14.7 Å². The third-order valence-corrected chi connectivity index (χ3v) is 3.09. The molecule has 0 saturated carbocycles. The first-order valence-electron chi connectivity index (χ1n) is 4.34. The minimum absolute atomic E-state index is 0.0983. The van der Waals surface area contributed by atoms with Gasteiger partial charge in [0.2, 0.25) is 5.95 Å². The molecule has 0 aliphatic heterocycles. The number of aryl methyl sites for hydroxylation is 2. The topological polar surface area (TPSA) is 75.2 Å². The van der Waals surface area contributed by atoms with Crippen molar-refractivity contribution in [1.29, 1.82) is 0 Å². The Kier molecular flexibility index (Phi) is 3.25. The van der Waals surface area contributed by atoms with Gasteiger partial charge in [-0.3, -0.25) is 0 Å². The van der Waals surface area contributed by atoms with Gasteiger partial charge in [0, 0.05) is 25.5 Å². The van der Waals surface area contributed by atoms with Gasteiger partial charge < -0.3 is 0 Å². The Morgan fingerprint density at radius 2 is 1.67 bits per heavy atom. The van der Waals surface area contributed by atoms with Crippen LogP contribution in [0.1, 0.15) is 11.4 Å². The molecule has 0 amide bonds. The summed E-state index contributed by atoms with van der Waals surface area (Å²) in [5.74, 6) is 0.0983. The predicted molar refractivity (Wildman–Crippen MR) is 57.7 cm³/mol. The molecule has 0 unspecified atom stereocenters. The molecule has 0 fully saturated rings. The van der Waals surface area contributed by atoms with E-state index in [-0.39, 0.29) is 5.95 Å². The van der Waals surface area contributed by atoms with Crippen LogP contribution in [0, 0.1) is 13.8 Å². The molecule has 7 heteroatoms. The molecular weight excluding hydrogens is 216 g/mol. The maximum absolute atomic E-state index is 11.5. The molecule has 6 nitrogen and oxygen atoms in total. The van der Waals surface area contributed by atoms with Crippen molar-refractivity contribution >= 4 is 16.2 Å². The van der Waals surface area contributed by atoms with Crippen LogP contribution < -0.4 is 4.72 Å². The van der Waals surface area contributed by atoms with Gasteiger partial charge in [-0.1, -0.05) is 0 Å². The molecule has 0 bridgehead atoms. The van der Waals surface area contributed by atoms with Crippen LogP contribution >= 0.6 is 0 Å². The fraction of sp³-hybridized carbons (Fsp3) is 0.500. The zero-order valence-electron chi connectivity index (χ0n) is 9.14. The van der Waals surface area contributed by atoms with Crippen molar-refractivity contribution in [3.05, 3.63) is 17.5 Å². The molecule has 1 rings (SSSR count). The number of aromatic nitrogens is 2. The molecule has 1 N–H and O–H groups in total. The Bertz CT molecular complexity index is 435. The lowest BCUT2D eigenvalue weighted by atomic mass is 10.4. The third kappa shape index (κ3) is 3.14. The van der Waals surface area contributed by atoms with Gasteiger partial charge in [-0.2, -0.15) is 12.7 Å². The van der Waals surface area contributed by atoms with E-state index in [1.165, 1.54) is 14.1 Å². The molecule has 1 aromatic rings. The summed E-state index contributed by atoms with van der Waals surface area (Å²) in [4.78, 5) is 7.95. The Labute approximate surface area is 89.5 Å². The molecule has 0 aliphatic rings. The average Bonchev–Trinajstić information content (AvgIpc) is 1.99. The summed E-state index contributed by atoms with van der Waals surface area (Å²) in [6.45, 7) is 3.56. The first-order chi connectivity index (χ1) is 6.81. The Balaban J connectivity index is 3.00. The first-order valence-corrected chi connectivity index (χ1v) is 5.78. The number of nitrogens with zero attached hydrogens (tertiary/aromatic N) is 3. The van der Waals surface area contributed by atoms with Crippen LogP contribution in [0.2, 0.25) is 0 Å². The van der Waals surface area contributed by atoms with Crippen LogP contribution in [-0.4, -0.2) is 36.8 Å². The number of anilines is 1. The highest BCUT2D eigenvalue weighted by molar-refractivity contribution is 7.90. The number of nitrogens with one attached hydrogen (secondary N) is 1. The van der Waals surface area contributed by atoms with E-state index in [9.17, 15) is 8.42 Å². The van der Waals surface area contributed by atoms with E-state index in [1.807, 2.05) is 0 Å². The summed E-state index contributed by atoms with van der Waals surface area (Å²) in [7, 11) is -0.655. The molecule has 0 saturated heterocycles. The summed E-state index contributed by atoms with van der Waals surface area (Å²) in [6.07, 6.45) is 0. The number of rotatable bonds is 3. The second-order valence-corrected chi connectivity index (χ2v) is 5.25. The van der Waals surface area contributed by atoms with Crippen LogP contribution in [0.4, 0.5) is 5.95 Å². The third-order valence-electron chi connectivity index (χ3n) is 1.68. The van der Waals surface area contributed by atoms with Crippen LogP contribution in [-0.2, 0) is 10.2 Å². The molecule has 0 aromatic carbocycles. The molecule has 1 heterocycles. The lowest BCUT2D eigenvalue weighted by Crippen LogP contribution is -2.29. The van der Waals surface area contributed by atoms with Gasteiger partial charge in [-0.05, 0) is 19.9 Å². The van der Waals surface area contributed by atoms with Gasteiger partial charge in [0.1, 0.15) is 0 Å². The van der Waals surface area contributed by atoms with E-state index in [2.05, 4.69) is 14.7 Å². The number of hydrogen-bond donors (Lipinski definition) is 1. The quantitative estimate of drug-likeness (QED) is 0.811. The highest BCUT2D eigenvalue weighted by atomic mass is 32.2. The van der Waals surface area contributed by atoms with Crippen molar-refractivity contribution in [3.63, 3.8) is 0 Å². The minimum atomic E-state index is -3.53. The van der Waals surface area contributed by atoms with E-state index in [1.54, 1.807) is 19.9 Å². The summed E-state index contributed by atoms with van der Waals surface area (Å²) in [5, 5.41) is 0. The summed E-state index contributed by atoms with van der Waals surface area (Å²) < 4.78 is 26.3. The summed E-state index contributed by atoms with van der Waals surface area (Å²) in [6, 6.07) is 1.77. The smallest absolute Gasteiger partial charge is 0.238 e. The highest BCUT2D eigenvalue weighted by Crippen LogP contribution is 2.06. The van der Waals surface area contributed by atoms with E-state index in [0.717, 1.165) is 15.7 Å². The SMILES string of the molecule is Cc1cc(C)nc(NS(=O)(=O)N(C)C)n1. The Hall–Kier alpha value is -1.21. The largest absolute Gasteiger partial charge is 0.303 e. The second kappa shape index (κ2) is 4.11. The van der Waals surface area contributed by atoms with Gasteiger partial charge in [0.15, 0.2) is 0 Å². The van der Waals surface area contributed by atoms with Crippen molar-refractivity contribution in [2.45, 2.75) is 13.8 Å². The van der Waals surface area contributed by atoms with E-state index >= 15 is 0 Å². The Morgan fingerprint density at radius 1 is 1.20 bits per heavy atom. The van der Waals surface area contributed by atoms with Crippen molar-refractivity contribution in [2.24, 2.45) is 0 Å². The predicted octanol–water partition coefficient (Wildman–Crippen LogP) is 0.312. The van der Waals surface area contributed by atoms with E-state index in [4.69, 9.17) is 0 Å². The van der Waals surface area contributed by atoms with Gasteiger partial charge >= 0.3 is 10.2 Å². The zero-order valence-corrected chi connectivity index (χ0v) is 9.96. The van der Waals surface area contributed by atoms with Crippen LogP contribution in [0.15, 0.2) is 6.07 Å². The Morgan fingerprint density at radius 3 is 2.07 bits per heavy atom. The molecule has 0 aliphatic carbocycles. The maximum atomic E-state index is 11.5. The van der Waals surface area contributed by atoms with Crippen molar-refractivity contribution in [1.82, 2.24) is 14.3 Å². The molecule has 1 aromatic heterocycles. The monoisotopic (exact) mass is 230 g/mol. The molecular formula is C8H14N4O2S. The van der Waals surface area contributed by atoms with E-state index in [0.29, 0.717) is 0 Å². The van der Waals surface area contributed by atoms with Crippen molar-refractivity contribution < 1.29 is 8.42 Å². The van der Waals surface area contributed by atoms with Crippen molar-refractivity contribution in [3.8, 4) is 0 Å². The van der Waals surface area contributed by atoms with Gasteiger partial charge in [-0.15, -0.1) is 0 Å². The van der Waals surface area contributed by atoms with Gasteiger partial charge in [0.25, 0.3) is 0 Å². The number of hydrogen-bond acceptors (Lipinski definition) is 4. The van der Waals surface area contributed by atoms with Gasteiger partial charge in [0.05, 0.1) is 0 Å². The van der Waals surface area contributed by atoms with E-state index < -0.39 is 10.2 Å². The molecule has 15 heavy (non-hydrogen) atoms. The lowest BCUT2D eigenvalue weighted by Gasteiger charge is -2.12. The van der Waals surface area contributed by atoms with Crippen LogP contribution in [0.25, 0.3) is 0 Å². The summed E-state index contributed by atoms with van der Waals surface area (Å²) in [5.41, 5.74) is 1.44. The fourth-order valence-electron chi connectivity index (χ4n) is 0.978. The van der Waals surface area contributed by atoms with Crippen LogP contribution in [0.3, 0.4) is 0 Å². The summed E-state index contributed by atoms with van der Waals surface area (Å²) >= 11 is 0. The second-order valence-electron chi connectivity index (χ2n) is 3.36. The minimum Gasteiger partial charge on any atom is -0.238 e. The van der Waals surface area contributed by atoms with Crippen molar-refractivity contribution in [2.75, 3.05) is 18.8 Å². The molecule has 0 spiro atoms.